The van der Waals surface area contributed by atoms with Gasteiger partial charge in [0.05, 0.1) is 11.4 Å². The van der Waals surface area contributed by atoms with Gasteiger partial charge in [0.15, 0.2) is 0 Å². The van der Waals surface area contributed by atoms with Gasteiger partial charge in [-0.15, -0.1) is 0 Å². The zero-order valence-electron chi connectivity index (χ0n) is 12.1. The van der Waals surface area contributed by atoms with Crippen LogP contribution in [0.5, 0.6) is 11.5 Å². The quantitative estimate of drug-likeness (QED) is 0.210. The highest BCUT2D eigenvalue weighted by molar-refractivity contribution is 6.07. The fourth-order valence-corrected chi connectivity index (χ4v) is 1.57. The third kappa shape index (κ3) is 4.37. The van der Waals surface area contributed by atoms with Crippen LogP contribution in [0, 0.1) is 10.8 Å². The number of hydrazone groups is 2. The van der Waals surface area contributed by atoms with Gasteiger partial charge in [-0.05, 0) is 19.9 Å². The summed E-state index contributed by atoms with van der Waals surface area (Å²) in [5.41, 5.74) is 16.1. The van der Waals surface area contributed by atoms with Crippen molar-refractivity contribution in [2.24, 2.45) is 21.7 Å². The van der Waals surface area contributed by atoms with Crippen LogP contribution in [0.15, 0.2) is 22.3 Å². The summed E-state index contributed by atoms with van der Waals surface area (Å²) in [6.07, 6.45) is 0. The van der Waals surface area contributed by atoms with Gasteiger partial charge in [0.2, 0.25) is 11.9 Å². The number of aromatic hydroxyl groups is 2. The molecule has 0 aliphatic carbocycles. The average Bonchev–Trinajstić information content (AvgIpc) is 2.42. The van der Waals surface area contributed by atoms with Crippen LogP contribution in [0.25, 0.3) is 0 Å². The average molecular weight is 306 g/mol. The van der Waals surface area contributed by atoms with Crippen LogP contribution in [0.4, 0.5) is 0 Å². The van der Waals surface area contributed by atoms with Crippen molar-refractivity contribution in [3.05, 3.63) is 23.3 Å². The van der Waals surface area contributed by atoms with Crippen molar-refractivity contribution in [1.82, 2.24) is 10.9 Å². The summed E-state index contributed by atoms with van der Waals surface area (Å²) in [7, 11) is 0. The second-order valence-electron chi connectivity index (χ2n) is 4.33. The minimum atomic E-state index is -0.346. The second-order valence-corrected chi connectivity index (χ2v) is 4.33. The van der Waals surface area contributed by atoms with E-state index in [0.29, 0.717) is 22.6 Å². The molecular weight excluding hydrogens is 288 g/mol. The Morgan fingerprint density at radius 1 is 0.909 bits per heavy atom. The molecule has 0 radical (unpaired) electrons. The first-order valence-electron chi connectivity index (χ1n) is 6.07. The first-order valence-corrected chi connectivity index (χ1v) is 6.07. The number of nitrogens with two attached hydrogens (primary N) is 2. The van der Waals surface area contributed by atoms with Gasteiger partial charge < -0.3 is 21.7 Å². The van der Waals surface area contributed by atoms with Gasteiger partial charge in [0.1, 0.15) is 11.5 Å². The van der Waals surface area contributed by atoms with Crippen molar-refractivity contribution in [1.29, 1.82) is 10.8 Å². The molecule has 0 amide bonds. The molecule has 22 heavy (non-hydrogen) atoms. The van der Waals surface area contributed by atoms with Crippen LogP contribution >= 0.6 is 0 Å². The molecule has 0 aromatic heterocycles. The molecular formula is C12H18N8O2. The Labute approximate surface area is 126 Å². The van der Waals surface area contributed by atoms with E-state index in [2.05, 4.69) is 21.1 Å². The van der Waals surface area contributed by atoms with Gasteiger partial charge in [0, 0.05) is 17.2 Å². The fourth-order valence-electron chi connectivity index (χ4n) is 1.57. The van der Waals surface area contributed by atoms with E-state index in [1.807, 2.05) is 0 Å². The lowest BCUT2D eigenvalue weighted by molar-refractivity contribution is 0.449. The standard InChI is InChI=1S/C12H18N8O2/c1-5(17-19-11(13)14)7-3-8(10(22)4-9(7)21)6(2)18-20-12(15)16/h3-4,21-22H,1-2H3,(H4,13,14,19)(H4,15,16,20). The highest BCUT2D eigenvalue weighted by Crippen LogP contribution is 2.28. The predicted octanol–water partition coefficient (Wildman–Crippen LogP) is -0.488. The van der Waals surface area contributed by atoms with Crippen LogP contribution in [0.3, 0.4) is 0 Å². The zero-order chi connectivity index (χ0) is 16.9. The van der Waals surface area contributed by atoms with E-state index in [1.54, 1.807) is 13.8 Å². The Kier molecular flexibility index (Phi) is 5.27. The smallest absolute Gasteiger partial charge is 0.206 e. The molecule has 0 aliphatic heterocycles. The number of phenolic OH excluding ortho intramolecular Hbond substituents is 2. The summed E-state index contributed by atoms with van der Waals surface area (Å²) in [6.45, 7) is 3.18. The number of nitrogens with zero attached hydrogens (tertiary/aromatic N) is 2. The molecule has 1 rings (SSSR count). The summed E-state index contributed by atoms with van der Waals surface area (Å²) in [6, 6.07) is 2.61. The maximum atomic E-state index is 9.89. The van der Waals surface area contributed by atoms with E-state index in [9.17, 15) is 10.2 Å². The van der Waals surface area contributed by atoms with Crippen molar-refractivity contribution in [2.45, 2.75) is 13.8 Å². The predicted molar refractivity (Wildman–Crippen MR) is 84.3 cm³/mol. The molecule has 1 aromatic rings. The molecule has 0 heterocycles. The minimum absolute atomic E-state index is 0.194. The van der Waals surface area contributed by atoms with Crippen molar-refractivity contribution >= 4 is 23.3 Å². The van der Waals surface area contributed by atoms with E-state index >= 15 is 0 Å². The van der Waals surface area contributed by atoms with E-state index in [0.717, 1.165) is 6.07 Å². The minimum Gasteiger partial charge on any atom is -0.507 e. The van der Waals surface area contributed by atoms with Gasteiger partial charge in [-0.25, -0.2) is 10.9 Å². The Balaban J connectivity index is 3.24. The van der Waals surface area contributed by atoms with Gasteiger partial charge in [-0.3, -0.25) is 10.8 Å². The monoisotopic (exact) mass is 306 g/mol. The number of hydrogen-bond acceptors (Lipinski definition) is 6. The van der Waals surface area contributed by atoms with Crippen LogP contribution in [-0.4, -0.2) is 33.6 Å². The maximum Gasteiger partial charge on any atom is 0.206 e. The third-order valence-corrected chi connectivity index (χ3v) is 2.58. The van der Waals surface area contributed by atoms with Crippen LogP contribution < -0.4 is 22.3 Å². The molecule has 0 bridgehead atoms. The molecule has 0 spiro atoms. The highest BCUT2D eigenvalue weighted by atomic mass is 16.3. The van der Waals surface area contributed by atoms with Gasteiger partial charge in [-0.1, -0.05) is 0 Å². The first kappa shape index (κ1) is 16.8. The number of guanidine groups is 2. The van der Waals surface area contributed by atoms with E-state index < -0.39 is 0 Å². The molecule has 0 atom stereocenters. The van der Waals surface area contributed by atoms with Gasteiger partial charge in [-0.2, -0.15) is 10.2 Å². The van der Waals surface area contributed by atoms with Crippen molar-refractivity contribution in [3.8, 4) is 11.5 Å². The SMILES string of the molecule is CC(=NNC(=N)N)c1cc(C(C)=NNC(=N)N)c(O)cc1O. The Bertz CT molecular complexity index is 612. The first-order chi connectivity index (χ1) is 10.2. The summed E-state index contributed by atoms with van der Waals surface area (Å²) < 4.78 is 0. The number of hydrogen-bond donors (Lipinski definition) is 8. The molecule has 1 aromatic carbocycles. The van der Waals surface area contributed by atoms with Crippen molar-refractivity contribution < 1.29 is 10.2 Å². The van der Waals surface area contributed by atoms with Crippen molar-refractivity contribution in [2.75, 3.05) is 0 Å². The summed E-state index contributed by atoms with van der Waals surface area (Å²) in [4.78, 5) is 0. The molecule has 0 aliphatic rings. The summed E-state index contributed by atoms with van der Waals surface area (Å²) >= 11 is 0. The van der Waals surface area contributed by atoms with Gasteiger partial charge >= 0.3 is 0 Å². The van der Waals surface area contributed by atoms with Gasteiger partial charge in [0.25, 0.3) is 0 Å². The van der Waals surface area contributed by atoms with Crippen molar-refractivity contribution in [3.63, 3.8) is 0 Å². The second kappa shape index (κ2) is 6.92. The zero-order valence-corrected chi connectivity index (χ0v) is 12.1. The number of phenols is 2. The van der Waals surface area contributed by atoms with Crippen LogP contribution in [0.1, 0.15) is 25.0 Å². The maximum absolute atomic E-state index is 9.89. The Morgan fingerprint density at radius 2 is 1.27 bits per heavy atom. The number of benzene rings is 1. The molecule has 10 heteroatoms. The highest BCUT2D eigenvalue weighted by Gasteiger charge is 2.13. The number of rotatable bonds is 4. The molecule has 0 saturated carbocycles. The molecule has 10 nitrogen and oxygen atoms in total. The Morgan fingerprint density at radius 3 is 1.59 bits per heavy atom. The molecule has 0 saturated heterocycles. The summed E-state index contributed by atoms with van der Waals surface area (Å²) in [5, 5.41) is 41.5. The lowest BCUT2D eigenvalue weighted by Gasteiger charge is -2.10. The molecule has 118 valence electrons. The topological polar surface area (TPSA) is 189 Å². The lowest BCUT2D eigenvalue weighted by atomic mass is 10.0. The third-order valence-electron chi connectivity index (χ3n) is 2.58. The Hall–Kier alpha value is -3.30. The van der Waals surface area contributed by atoms with Crippen LogP contribution in [0.2, 0.25) is 0 Å². The molecule has 0 fully saturated rings. The lowest BCUT2D eigenvalue weighted by Crippen LogP contribution is -2.27. The fraction of sp³-hybridized carbons (Fsp3) is 0.167. The van der Waals surface area contributed by atoms with E-state index in [1.165, 1.54) is 6.07 Å². The molecule has 0 unspecified atom stereocenters. The molecule has 10 N–H and O–H groups in total. The van der Waals surface area contributed by atoms with E-state index in [-0.39, 0.29) is 23.4 Å². The largest absolute Gasteiger partial charge is 0.507 e. The van der Waals surface area contributed by atoms with Crippen LogP contribution in [-0.2, 0) is 0 Å². The summed E-state index contributed by atoms with van der Waals surface area (Å²) in [5.74, 6) is -1.08. The van der Waals surface area contributed by atoms with E-state index in [4.69, 9.17) is 22.3 Å². The number of nitrogens with one attached hydrogen (secondary N) is 4. The normalized spacial score (nSPS) is 11.9.